The molecule has 1 aromatic carbocycles. The summed E-state index contributed by atoms with van der Waals surface area (Å²) in [6.07, 6.45) is 0.974. The predicted molar refractivity (Wildman–Crippen MR) is 78.3 cm³/mol. The second-order valence-corrected chi connectivity index (χ2v) is 4.77. The molecule has 2 rings (SSSR count). The van der Waals surface area contributed by atoms with E-state index in [1.54, 1.807) is 17.0 Å². The van der Waals surface area contributed by atoms with Crippen LogP contribution in [0.2, 0.25) is 0 Å². The monoisotopic (exact) mass is 299 g/mol. The Labute approximate surface area is 123 Å². The second-order valence-electron chi connectivity index (χ2n) is 4.77. The van der Waals surface area contributed by atoms with Gasteiger partial charge in [-0.2, -0.15) is 0 Å². The third-order valence-corrected chi connectivity index (χ3v) is 3.37. The molecule has 0 saturated carbocycles. The van der Waals surface area contributed by atoms with Crippen LogP contribution in [0.1, 0.15) is 16.8 Å². The predicted octanol–water partition coefficient (Wildman–Crippen LogP) is 1.70. The Morgan fingerprint density at radius 1 is 1.55 bits per heavy atom. The Balaban J connectivity index is 0.00000200. The number of halogens is 1. The normalized spacial score (nSPS) is 17.6. The van der Waals surface area contributed by atoms with Crippen LogP contribution in [0.15, 0.2) is 24.3 Å². The number of non-ortho nitro benzene ring substituents is 1. The van der Waals surface area contributed by atoms with E-state index in [0.717, 1.165) is 13.0 Å². The van der Waals surface area contributed by atoms with Gasteiger partial charge in [0.05, 0.1) is 4.92 Å². The van der Waals surface area contributed by atoms with Crippen LogP contribution in [0, 0.1) is 16.0 Å². The van der Waals surface area contributed by atoms with Crippen LogP contribution in [0.5, 0.6) is 0 Å². The molecule has 0 aromatic heterocycles. The summed E-state index contributed by atoms with van der Waals surface area (Å²) in [6, 6.07) is 5.91. The Kier molecular flexibility index (Phi) is 5.91. The van der Waals surface area contributed by atoms with Gasteiger partial charge in [0.25, 0.3) is 11.6 Å². The van der Waals surface area contributed by atoms with Crippen molar-refractivity contribution in [3.05, 3.63) is 39.9 Å². The van der Waals surface area contributed by atoms with Gasteiger partial charge in [-0.1, -0.05) is 6.07 Å². The van der Waals surface area contributed by atoms with Gasteiger partial charge >= 0.3 is 0 Å². The zero-order valence-corrected chi connectivity index (χ0v) is 12.1. The van der Waals surface area contributed by atoms with Gasteiger partial charge < -0.3 is 10.2 Å². The van der Waals surface area contributed by atoms with Crippen molar-refractivity contribution < 1.29 is 9.72 Å². The Morgan fingerprint density at radius 3 is 2.95 bits per heavy atom. The third kappa shape index (κ3) is 3.68. The molecule has 1 saturated heterocycles. The van der Waals surface area contributed by atoms with E-state index in [1.165, 1.54) is 12.1 Å². The van der Waals surface area contributed by atoms with Crippen LogP contribution >= 0.6 is 12.4 Å². The largest absolute Gasteiger partial charge is 0.338 e. The summed E-state index contributed by atoms with van der Waals surface area (Å²) in [5.41, 5.74) is 0.344. The minimum Gasteiger partial charge on any atom is -0.338 e. The fourth-order valence-electron chi connectivity index (χ4n) is 2.41. The Bertz CT molecular complexity index is 496. The molecular weight excluding hydrogens is 282 g/mol. The molecule has 1 fully saturated rings. The summed E-state index contributed by atoms with van der Waals surface area (Å²) >= 11 is 0. The number of amides is 1. The zero-order valence-electron chi connectivity index (χ0n) is 11.2. The van der Waals surface area contributed by atoms with Crippen LogP contribution in [-0.4, -0.2) is 42.4 Å². The van der Waals surface area contributed by atoms with Crippen molar-refractivity contribution in [2.75, 3.05) is 26.7 Å². The van der Waals surface area contributed by atoms with E-state index in [1.807, 2.05) is 7.05 Å². The minimum atomic E-state index is -0.482. The molecule has 1 aliphatic rings. The number of nitro groups is 1. The smallest absolute Gasteiger partial charge is 0.270 e. The fourth-order valence-corrected chi connectivity index (χ4v) is 2.41. The van der Waals surface area contributed by atoms with Crippen LogP contribution in [0.25, 0.3) is 0 Å². The molecular formula is C13H18ClN3O3. The molecule has 0 bridgehead atoms. The molecule has 6 nitrogen and oxygen atoms in total. The maximum atomic E-state index is 12.3. The van der Waals surface area contributed by atoms with Gasteiger partial charge in [-0.05, 0) is 32.0 Å². The van der Waals surface area contributed by atoms with Crippen LogP contribution < -0.4 is 5.32 Å². The van der Waals surface area contributed by atoms with Crippen molar-refractivity contribution >= 4 is 24.0 Å². The Hall–Kier alpha value is -1.66. The highest BCUT2D eigenvalue weighted by Gasteiger charge is 2.27. The molecule has 110 valence electrons. The van der Waals surface area contributed by atoms with Crippen molar-refractivity contribution in [1.29, 1.82) is 0 Å². The standard InChI is InChI=1S/C13H17N3O3.ClH/c1-14-8-10-5-6-15(9-10)13(17)11-3-2-4-12(7-11)16(18)19;/h2-4,7,10,14H,5-6,8-9H2,1H3;1H. The summed E-state index contributed by atoms with van der Waals surface area (Å²) in [4.78, 5) is 24.2. The van der Waals surface area contributed by atoms with E-state index >= 15 is 0 Å². The third-order valence-electron chi connectivity index (χ3n) is 3.37. The van der Waals surface area contributed by atoms with Gasteiger partial charge in [0.2, 0.25) is 0 Å². The molecule has 1 aromatic rings. The van der Waals surface area contributed by atoms with Gasteiger partial charge in [-0.25, -0.2) is 0 Å². The number of nitro benzene ring substituents is 1. The highest BCUT2D eigenvalue weighted by atomic mass is 35.5. The Morgan fingerprint density at radius 2 is 2.30 bits per heavy atom. The molecule has 20 heavy (non-hydrogen) atoms. The summed E-state index contributed by atoms with van der Waals surface area (Å²) in [7, 11) is 1.89. The number of carbonyl (C=O) groups is 1. The molecule has 0 spiro atoms. The maximum Gasteiger partial charge on any atom is 0.270 e. The second kappa shape index (κ2) is 7.21. The van der Waals surface area contributed by atoms with Crippen molar-refractivity contribution in [3.63, 3.8) is 0 Å². The molecule has 1 aliphatic heterocycles. The molecule has 0 radical (unpaired) electrons. The van der Waals surface area contributed by atoms with E-state index < -0.39 is 4.92 Å². The van der Waals surface area contributed by atoms with Gasteiger partial charge in [-0.15, -0.1) is 12.4 Å². The number of likely N-dealkylation sites (tertiary alicyclic amines) is 1. The van der Waals surface area contributed by atoms with E-state index in [0.29, 0.717) is 24.6 Å². The van der Waals surface area contributed by atoms with Gasteiger partial charge in [-0.3, -0.25) is 14.9 Å². The topological polar surface area (TPSA) is 75.5 Å². The number of nitrogens with zero attached hydrogens (tertiary/aromatic N) is 2. The average molecular weight is 300 g/mol. The number of benzene rings is 1. The molecule has 1 unspecified atom stereocenters. The molecule has 0 aliphatic carbocycles. The number of rotatable bonds is 4. The van der Waals surface area contributed by atoms with Crippen molar-refractivity contribution in [2.45, 2.75) is 6.42 Å². The van der Waals surface area contributed by atoms with Crippen LogP contribution in [0.3, 0.4) is 0 Å². The highest BCUT2D eigenvalue weighted by molar-refractivity contribution is 5.95. The van der Waals surface area contributed by atoms with Gasteiger partial charge in [0.1, 0.15) is 0 Å². The van der Waals surface area contributed by atoms with Gasteiger partial charge in [0, 0.05) is 30.8 Å². The lowest BCUT2D eigenvalue weighted by Crippen LogP contribution is -2.30. The first-order chi connectivity index (χ1) is 9.11. The van der Waals surface area contributed by atoms with E-state index in [4.69, 9.17) is 0 Å². The molecule has 1 amide bonds. The van der Waals surface area contributed by atoms with Crippen LogP contribution in [-0.2, 0) is 0 Å². The fraction of sp³-hybridized carbons (Fsp3) is 0.462. The van der Waals surface area contributed by atoms with Crippen molar-refractivity contribution in [3.8, 4) is 0 Å². The summed E-state index contributed by atoms with van der Waals surface area (Å²) in [6.45, 7) is 2.31. The van der Waals surface area contributed by atoms with E-state index in [9.17, 15) is 14.9 Å². The quantitative estimate of drug-likeness (QED) is 0.678. The average Bonchev–Trinajstić information content (AvgIpc) is 2.87. The first kappa shape index (κ1) is 16.4. The van der Waals surface area contributed by atoms with Crippen LogP contribution in [0.4, 0.5) is 5.69 Å². The van der Waals surface area contributed by atoms with E-state index in [-0.39, 0.29) is 24.0 Å². The summed E-state index contributed by atoms with van der Waals surface area (Å²) < 4.78 is 0. The number of nitrogens with one attached hydrogen (secondary N) is 1. The lowest BCUT2D eigenvalue weighted by Gasteiger charge is -2.16. The van der Waals surface area contributed by atoms with Gasteiger partial charge in [0.15, 0.2) is 0 Å². The maximum absolute atomic E-state index is 12.3. The minimum absolute atomic E-state index is 0. The van der Waals surface area contributed by atoms with E-state index in [2.05, 4.69) is 5.32 Å². The molecule has 1 atom stereocenters. The van der Waals surface area contributed by atoms with Crippen molar-refractivity contribution in [2.24, 2.45) is 5.92 Å². The highest BCUT2D eigenvalue weighted by Crippen LogP contribution is 2.20. The molecule has 7 heteroatoms. The number of hydrogen-bond donors (Lipinski definition) is 1. The number of carbonyl (C=O) groups excluding carboxylic acids is 1. The van der Waals surface area contributed by atoms with Crippen molar-refractivity contribution in [1.82, 2.24) is 10.2 Å². The number of hydrogen-bond acceptors (Lipinski definition) is 4. The lowest BCUT2D eigenvalue weighted by atomic mass is 10.1. The first-order valence-corrected chi connectivity index (χ1v) is 6.30. The SMILES string of the molecule is CNCC1CCN(C(=O)c2cccc([N+](=O)[O-])c2)C1.Cl. The lowest BCUT2D eigenvalue weighted by molar-refractivity contribution is -0.384. The zero-order chi connectivity index (χ0) is 13.8. The first-order valence-electron chi connectivity index (χ1n) is 6.30. The molecule has 1 N–H and O–H groups in total. The summed E-state index contributed by atoms with van der Waals surface area (Å²) in [5.74, 6) is 0.343. The molecule has 1 heterocycles. The summed E-state index contributed by atoms with van der Waals surface area (Å²) in [5, 5.41) is 13.8.